The Bertz CT molecular complexity index is 292. The average Bonchev–Trinajstić information content (AvgIpc) is 2.61. The summed E-state index contributed by atoms with van der Waals surface area (Å²) in [5.41, 5.74) is 0. The fourth-order valence-corrected chi connectivity index (χ4v) is 4.44. The molecule has 0 aromatic heterocycles. The van der Waals surface area contributed by atoms with Crippen LogP contribution in [0.4, 0.5) is 0 Å². The summed E-state index contributed by atoms with van der Waals surface area (Å²) in [4.78, 5) is 11.8. The van der Waals surface area contributed by atoms with Crippen molar-refractivity contribution in [2.24, 2.45) is 0 Å². The van der Waals surface area contributed by atoms with Crippen molar-refractivity contribution in [2.75, 3.05) is 33.7 Å². The molecule has 0 aromatic rings. The minimum Gasteiger partial charge on any atom is -0.355 e. The van der Waals surface area contributed by atoms with E-state index in [0.717, 1.165) is 12.8 Å². The van der Waals surface area contributed by atoms with Gasteiger partial charge < -0.3 is 17.7 Å². The van der Waals surface area contributed by atoms with Crippen molar-refractivity contribution in [3.05, 3.63) is 0 Å². The Morgan fingerprint density at radius 3 is 1.83 bits per heavy atom. The van der Waals surface area contributed by atoms with Gasteiger partial charge in [-0.1, -0.05) is 70.1 Å². The van der Waals surface area contributed by atoms with Gasteiger partial charge in [0.15, 0.2) is 5.12 Å². The SMILES string of the molecule is CCCCCCCCCCCC(=O)SCCO[Si](OC)(OC)OC. The first-order valence-electron chi connectivity index (χ1n) is 9.09. The predicted octanol–water partition coefficient (Wildman–Crippen LogP) is 4.56. The number of thioether (sulfide) groups is 1. The van der Waals surface area contributed by atoms with Crippen LogP contribution in [-0.4, -0.2) is 47.9 Å². The maximum atomic E-state index is 11.8. The van der Waals surface area contributed by atoms with Crippen LogP contribution in [0.15, 0.2) is 0 Å². The van der Waals surface area contributed by atoms with Crippen molar-refractivity contribution in [2.45, 2.75) is 71.1 Å². The molecule has 0 aromatic carbocycles. The standard InChI is InChI=1S/C17H36O5SSi/c1-5-6-7-8-9-10-11-12-13-14-17(18)23-16-15-22-24(19-2,20-3)21-4/h5-16H2,1-4H3. The molecule has 0 N–H and O–H groups in total. The van der Waals surface area contributed by atoms with Gasteiger partial charge >= 0.3 is 9.05 Å². The fourth-order valence-electron chi connectivity index (χ4n) is 2.40. The van der Waals surface area contributed by atoms with Crippen molar-refractivity contribution in [3.8, 4) is 0 Å². The molecule has 0 radical (unpaired) electrons. The third kappa shape index (κ3) is 12.4. The predicted molar refractivity (Wildman–Crippen MR) is 102 cm³/mol. The van der Waals surface area contributed by atoms with E-state index in [2.05, 4.69) is 6.92 Å². The summed E-state index contributed by atoms with van der Waals surface area (Å²) in [7, 11) is 1.54. The molecule has 0 atom stereocenters. The van der Waals surface area contributed by atoms with E-state index in [-0.39, 0.29) is 5.12 Å². The molecule has 0 spiro atoms. The van der Waals surface area contributed by atoms with E-state index in [4.69, 9.17) is 17.7 Å². The number of hydrogen-bond donors (Lipinski definition) is 0. The van der Waals surface area contributed by atoms with Gasteiger partial charge in [-0.2, -0.15) is 0 Å². The molecule has 0 unspecified atom stereocenters. The van der Waals surface area contributed by atoms with E-state index in [9.17, 15) is 4.79 Å². The topological polar surface area (TPSA) is 54.0 Å². The lowest BCUT2D eigenvalue weighted by Crippen LogP contribution is -2.46. The highest BCUT2D eigenvalue weighted by Gasteiger charge is 2.41. The van der Waals surface area contributed by atoms with E-state index in [1.54, 1.807) is 0 Å². The molecule has 0 aliphatic rings. The summed E-state index contributed by atoms with van der Waals surface area (Å²) in [6, 6.07) is 0. The van der Waals surface area contributed by atoms with Crippen molar-refractivity contribution in [3.63, 3.8) is 0 Å². The number of unbranched alkanes of at least 4 members (excludes halogenated alkanes) is 8. The van der Waals surface area contributed by atoms with Gasteiger partial charge in [-0.05, 0) is 6.42 Å². The highest BCUT2D eigenvalue weighted by Crippen LogP contribution is 2.14. The Morgan fingerprint density at radius 1 is 0.833 bits per heavy atom. The van der Waals surface area contributed by atoms with Crippen molar-refractivity contribution >= 4 is 25.9 Å². The summed E-state index contributed by atoms with van der Waals surface area (Å²) in [6.07, 6.45) is 12.1. The Balaban J connectivity index is 3.47. The summed E-state index contributed by atoms with van der Waals surface area (Å²) < 4.78 is 21.0. The minimum atomic E-state index is -2.97. The van der Waals surface area contributed by atoms with Gasteiger partial charge in [0.1, 0.15) is 0 Å². The van der Waals surface area contributed by atoms with Gasteiger partial charge in [0.2, 0.25) is 0 Å². The molecule has 0 aliphatic heterocycles. The summed E-state index contributed by atoms with van der Waals surface area (Å²) in [5.74, 6) is 0.598. The Labute approximate surface area is 153 Å². The largest absolute Gasteiger partial charge is 0.678 e. The maximum Gasteiger partial charge on any atom is 0.678 e. The summed E-state index contributed by atoms with van der Waals surface area (Å²) in [5, 5.41) is 0.237. The summed E-state index contributed by atoms with van der Waals surface area (Å²) >= 11 is 1.32. The third-order valence-electron chi connectivity index (χ3n) is 3.86. The molecular formula is C17H36O5SSi. The zero-order chi connectivity index (χ0) is 18.1. The van der Waals surface area contributed by atoms with Crippen LogP contribution >= 0.6 is 11.8 Å². The molecule has 0 amide bonds. The molecule has 0 bridgehead atoms. The van der Waals surface area contributed by atoms with Crippen molar-refractivity contribution in [1.29, 1.82) is 0 Å². The van der Waals surface area contributed by atoms with Crippen LogP contribution in [0.25, 0.3) is 0 Å². The van der Waals surface area contributed by atoms with Crippen LogP contribution in [0, 0.1) is 0 Å². The lowest BCUT2D eigenvalue weighted by atomic mass is 10.1. The normalized spacial score (nSPS) is 11.8. The second kappa shape index (κ2) is 16.5. The number of rotatable bonds is 17. The van der Waals surface area contributed by atoms with E-state index in [0.29, 0.717) is 18.8 Å². The average molecular weight is 381 g/mol. The lowest BCUT2D eigenvalue weighted by Gasteiger charge is -2.22. The molecule has 7 heteroatoms. The van der Waals surface area contributed by atoms with Gasteiger partial charge in [0.05, 0.1) is 6.61 Å². The third-order valence-corrected chi connectivity index (χ3v) is 6.81. The first-order valence-corrected chi connectivity index (χ1v) is 11.7. The van der Waals surface area contributed by atoms with Gasteiger partial charge in [-0.25, -0.2) is 0 Å². The van der Waals surface area contributed by atoms with Gasteiger partial charge in [0.25, 0.3) is 0 Å². The molecule has 0 aliphatic carbocycles. The first kappa shape index (κ1) is 24.1. The van der Waals surface area contributed by atoms with E-state index in [1.807, 2.05) is 0 Å². The molecule has 0 fully saturated rings. The number of carbonyl (C=O) groups is 1. The van der Waals surface area contributed by atoms with Gasteiger partial charge in [0, 0.05) is 33.5 Å². The molecular weight excluding hydrogens is 344 g/mol. The highest BCUT2D eigenvalue weighted by molar-refractivity contribution is 8.13. The summed E-state index contributed by atoms with van der Waals surface area (Å²) in [6.45, 7) is 2.63. The molecule has 0 heterocycles. The molecule has 144 valence electrons. The van der Waals surface area contributed by atoms with Crippen molar-refractivity contribution in [1.82, 2.24) is 0 Å². The van der Waals surface area contributed by atoms with Crippen LogP contribution in [0.2, 0.25) is 0 Å². The van der Waals surface area contributed by atoms with Gasteiger partial charge in [-0.15, -0.1) is 0 Å². The second-order valence-electron chi connectivity index (χ2n) is 5.76. The Hall–Kier alpha value is 0.0769. The minimum absolute atomic E-state index is 0.237. The zero-order valence-corrected chi connectivity index (χ0v) is 17.8. The smallest absolute Gasteiger partial charge is 0.355 e. The monoisotopic (exact) mass is 380 g/mol. The van der Waals surface area contributed by atoms with Crippen LogP contribution < -0.4 is 0 Å². The molecule has 24 heavy (non-hydrogen) atoms. The highest BCUT2D eigenvalue weighted by atomic mass is 32.2. The molecule has 5 nitrogen and oxygen atoms in total. The zero-order valence-electron chi connectivity index (χ0n) is 15.9. The fraction of sp³-hybridized carbons (Fsp3) is 0.941. The van der Waals surface area contributed by atoms with Crippen LogP contribution in [0.3, 0.4) is 0 Å². The molecule has 0 saturated heterocycles. The van der Waals surface area contributed by atoms with Crippen molar-refractivity contribution < 1.29 is 22.5 Å². The Kier molecular flexibility index (Phi) is 16.6. The van der Waals surface area contributed by atoms with Crippen LogP contribution in [-0.2, 0) is 22.5 Å². The number of hydrogen-bond acceptors (Lipinski definition) is 6. The van der Waals surface area contributed by atoms with E-state index >= 15 is 0 Å². The molecule has 0 rings (SSSR count). The van der Waals surface area contributed by atoms with E-state index < -0.39 is 9.05 Å². The van der Waals surface area contributed by atoms with Crippen LogP contribution in [0.5, 0.6) is 0 Å². The quantitative estimate of drug-likeness (QED) is 0.272. The molecule has 0 saturated carbocycles. The van der Waals surface area contributed by atoms with E-state index in [1.165, 1.54) is 78.0 Å². The number of carbonyl (C=O) groups excluding carboxylic acids is 1. The Morgan fingerprint density at radius 2 is 1.33 bits per heavy atom. The van der Waals surface area contributed by atoms with Gasteiger partial charge in [-0.3, -0.25) is 4.79 Å². The maximum absolute atomic E-state index is 11.8. The van der Waals surface area contributed by atoms with Crippen LogP contribution in [0.1, 0.15) is 71.1 Å². The second-order valence-corrected chi connectivity index (χ2v) is 9.43. The lowest BCUT2D eigenvalue weighted by molar-refractivity contribution is -0.111. The first-order chi connectivity index (χ1) is 11.6.